The highest BCUT2D eigenvalue weighted by Crippen LogP contribution is 2.18. The third kappa shape index (κ3) is 4.38. The van der Waals surface area contributed by atoms with Gasteiger partial charge < -0.3 is 14.6 Å². The van der Waals surface area contributed by atoms with Crippen molar-refractivity contribution < 1.29 is 9.26 Å². The Hall–Kier alpha value is -1.81. The fourth-order valence-corrected chi connectivity index (χ4v) is 1.99. The molecule has 4 nitrogen and oxygen atoms in total. The predicted octanol–water partition coefficient (Wildman–Crippen LogP) is 3.37. The molecule has 0 aliphatic heterocycles. The van der Waals surface area contributed by atoms with E-state index in [1.807, 2.05) is 18.2 Å². The SMILES string of the molecule is Cc1cc(C)cc(OCc2cc(CNC(C)C)no2)c1. The number of aryl methyl sites for hydroxylation is 2. The molecule has 1 heterocycles. The molecule has 1 aromatic heterocycles. The van der Waals surface area contributed by atoms with Crippen molar-refractivity contribution in [3.63, 3.8) is 0 Å². The molecular formula is C16H22N2O2. The third-order valence-electron chi connectivity index (χ3n) is 2.88. The summed E-state index contributed by atoms with van der Waals surface area (Å²) in [7, 11) is 0. The normalized spacial score (nSPS) is 11.1. The van der Waals surface area contributed by atoms with Gasteiger partial charge in [0, 0.05) is 18.7 Å². The summed E-state index contributed by atoms with van der Waals surface area (Å²) in [6.45, 7) is 9.44. The van der Waals surface area contributed by atoms with Gasteiger partial charge in [0.1, 0.15) is 12.4 Å². The predicted molar refractivity (Wildman–Crippen MR) is 78.7 cm³/mol. The second-order valence-electron chi connectivity index (χ2n) is 5.43. The lowest BCUT2D eigenvalue weighted by atomic mass is 10.1. The number of aromatic nitrogens is 1. The topological polar surface area (TPSA) is 47.3 Å². The first-order valence-electron chi connectivity index (χ1n) is 6.92. The molecule has 0 amide bonds. The summed E-state index contributed by atoms with van der Waals surface area (Å²) in [5, 5.41) is 7.32. The van der Waals surface area contributed by atoms with Gasteiger partial charge in [-0.1, -0.05) is 25.1 Å². The Morgan fingerprint density at radius 2 is 1.85 bits per heavy atom. The van der Waals surface area contributed by atoms with Crippen molar-refractivity contribution in [2.75, 3.05) is 0 Å². The van der Waals surface area contributed by atoms with E-state index in [1.165, 1.54) is 11.1 Å². The van der Waals surface area contributed by atoms with E-state index >= 15 is 0 Å². The van der Waals surface area contributed by atoms with Gasteiger partial charge in [-0.3, -0.25) is 0 Å². The molecule has 2 rings (SSSR count). The van der Waals surface area contributed by atoms with E-state index in [0.717, 1.165) is 17.2 Å². The Bertz CT molecular complexity index is 541. The van der Waals surface area contributed by atoms with E-state index in [1.54, 1.807) is 0 Å². The van der Waals surface area contributed by atoms with Crippen molar-refractivity contribution in [1.82, 2.24) is 10.5 Å². The number of nitrogens with zero attached hydrogens (tertiary/aromatic N) is 1. The Kier molecular flexibility index (Phi) is 4.79. The summed E-state index contributed by atoms with van der Waals surface area (Å²) in [6, 6.07) is 8.52. The maximum atomic E-state index is 5.74. The van der Waals surface area contributed by atoms with Gasteiger partial charge in [-0.25, -0.2) is 0 Å². The maximum absolute atomic E-state index is 5.74. The molecule has 20 heavy (non-hydrogen) atoms. The fraction of sp³-hybridized carbons (Fsp3) is 0.438. The molecule has 0 unspecified atom stereocenters. The summed E-state index contributed by atoms with van der Waals surface area (Å²) >= 11 is 0. The van der Waals surface area contributed by atoms with Crippen molar-refractivity contribution >= 4 is 0 Å². The average Bonchev–Trinajstić information content (AvgIpc) is 2.81. The second-order valence-corrected chi connectivity index (χ2v) is 5.43. The fourth-order valence-electron chi connectivity index (χ4n) is 1.99. The molecular weight excluding hydrogens is 252 g/mol. The van der Waals surface area contributed by atoms with Crippen LogP contribution in [-0.2, 0) is 13.2 Å². The van der Waals surface area contributed by atoms with Crippen LogP contribution in [0.25, 0.3) is 0 Å². The van der Waals surface area contributed by atoms with Gasteiger partial charge in [0.2, 0.25) is 0 Å². The minimum absolute atomic E-state index is 0.400. The van der Waals surface area contributed by atoms with Crippen LogP contribution in [0.3, 0.4) is 0 Å². The summed E-state index contributed by atoms with van der Waals surface area (Å²) in [4.78, 5) is 0. The summed E-state index contributed by atoms with van der Waals surface area (Å²) in [5.74, 6) is 1.60. The Balaban J connectivity index is 1.90. The van der Waals surface area contributed by atoms with E-state index in [4.69, 9.17) is 9.26 Å². The molecule has 1 N–H and O–H groups in total. The highest BCUT2D eigenvalue weighted by atomic mass is 16.5. The van der Waals surface area contributed by atoms with Gasteiger partial charge in [-0.2, -0.15) is 0 Å². The molecule has 0 fully saturated rings. The number of hydrogen-bond acceptors (Lipinski definition) is 4. The van der Waals surface area contributed by atoms with Crippen LogP contribution < -0.4 is 10.1 Å². The minimum atomic E-state index is 0.400. The van der Waals surface area contributed by atoms with Gasteiger partial charge in [0.15, 0.2) is 5.76 Å². The lowest BCUT2D eigenvalue weighted by molar-refractivity contribution is 0.248. The molecule has 0 spiro atoms. The van der Waals surface area contributed by atoms with Crippen LogP contribution >= 0.6 is 0 Å². The quantitative estimate of drug-likeness (QED) is 0.877. The largest absolute Gasteiger partial charge is 0.486 e. The van der Waals surface area contributed by atoms with E-state index in [9.17, 15) is 0 Å². The maximum Gasteiger partial charge on any atom is 0.174 e. The number of rotatable bonds is 6. The van der Waals surface area contributed by atoms with E-state index in [0.29, 0.717) is 19.2 Å². The number of nitrogens with one attached hydrogen (secondary N) is 1. The molecule has 0 radical (unpaired) electrons. The summed E-state index contributed by atoms with van der Waals surface area (Å²) in [6.07, 6.45) is 0. The number of benzene rings is 1. The van der Waals surface area contributed by atoms with Gasteiger partial charge in [0.25, 0.3) is 0 Å². The van der Waals surface area contributed by atoms with Crippen molar-refractivity contribution in [1.29, 1.82) is 0 Å². The molecule has 0 saturated carbocycles. The number of hydrogen-bond donors (Lipinski definition) is 1. The van der Waals surface area contributed by atoms with Crippen molar-refractivity contribution in [3.05, 3.63) is 46.8 Å². The first-order chi connectivity index (χ1) is 9.52. The first kappa shape index (κ1) is 14.6. The molecule has 1 aromatic carbocycles. The summed E-state index contributed by atoms with van der Waals surface area (Å²) < 4.78 is 11.0. The van der Waals surface area contributed by atoms with Crippen molar-refractivity contribution in [2.24, 2.45) is 0 Å². The molecule has 0 atom stereocenters. The highest BCUT2D eigenvalue weighted by molar-refractivity contribution is 5.33. The Morgan fingerprint density at radius 3 is 2.50 bits per heavy atom. The van der Waals surface area contributed by atoms with Gasteiger partial charge in [0.05, 0.1) is 5.69 Å². The van der Waals surface area contributed by atoms with Crippen LogP contribution in [0.5, 0.6) is 5.75 Å². The molecule has 0 aliphatic carbocycles. The van der Waals surface area contributed by atoms with Crippen LogP contribution in [0.1, 0.15) is 36.4 Å². The number of ether oxygens (including phenoxy) is 1. The highest BCUT2D eigenvalue weighted by Gasteiger charge is 2.06. The van der Waals surface area contributed by atoms with Crippen LogP contribution in [0.2, 0.25) is 0 Å². The molecule has 0 bridgehead atoms. The van der Waals surface area contributed by atoms with Crippen LogP contribution in [-0.4, -0.2) is 11.2 Å². The van der Waals surface area contributed by atoms with Gasteiger partial charge in [-0.05, 0) is 37.1 Å². The zero-order valence-corrected chi connectivity index (χ0v) is 12.6. The van der Waals surface area contributed by atoms with Gasteiger partial charge >= 0.3 is 0 Å². The lowest BCUT2D eigenvalue weighted by Gasteiger charge is -2.06. The van der Waals surface area contributed by atoms with E-state index in [2.05, 4.69) is 44.2 Å². The monoisotopic (exact) mass is 274 g/mol. The Labute approximate surface area is 120 Å². The second kappa shape index (κ2) is 6.57. The molecule has 108 valence electrons. The van der Waals surface area contributed by atoms with Crippen molar-refractivity contribution in [3.8, 4) is 5.75 Å². The van der Waals surface area contributed by atoms with Crippen LogP contribution in [0.15, 0.2) is 28.8 Å². The standard InChI is InChI=1S/C16H22N2O2/c1-11(2)17-9-14-8-16(20-18-14)10-19-15-6-12(3)5-13(4)7-15/h5-8,11,17H,9-10H2,1-4H3. The average molecular weight is 274 g/mol. The zero-order valence-electron chi connectivity index (χ0n) is 12.6. The third-order valence-corrected chi connectivity index (χ3v) is 2.88. The molecule has 2 aromatic rings. The Morgan fingerprint density at radius 1 is 1.15 bits per heavy atom. The molecule has 4 heteroatoms. The molecule has 0 aliphatic rings. The van der Waals surface area contributed by atoms with Crippen LogP contribution in [0, 0.1) is 13.8 Å². The first-order valence-corrected chi connectivity index (χ1v) is 6.92. The van der Waals surface area contributed by atoms with Gasteiger partial charge in [-0.15, -0.1) is 0 Å². The van der Waals surface area contributed by atoms with E-state index < -0.39 is 0 Å². The van der Waals surface area contributed by atoms with Crippen molar-refractivity contribution in [2.45, 2.75) is 46.9 Å². The van der Waals surface area contributed by atoms with Crippen LogP contribution in [0.4, 0.5) is 0 Å². The minimum Gasteiger partial charge on any atom is -0.486 e. The smallest absolute Gasteiger partial charge is 0.174 e. The van der Waals surface area contributed by atoms with E-state index in [-0.39, 0.29) is 0 Å². The lowest BCUT2D eigenvalue weighted by Crippen LogP contribution is -2.21. The zero-order chi connectivity index (χ0) is 14.5. The molecule has 0 saturated heterocycles. The summed E-state index contributed by atoms with van der Waals surface area (Å²) in [5.41, 5.74) is 3.29.